The summed E-state index contributed by atoms with van der Waals surface area (Å²) in [5.41, 5.74) is 4.23. The van der Waals surface area contributed by atoms with Crippen LogP contribution in [0.25, 0.3) is 0 Å². The summed E-state index contributed by atoms with van der Waals surface area (Å²) in [6.07, 6.45) is -3.31. The van der Waals surface area contributed by atoms with E-state index in [1.165, 1.54) is 12.1 Å². The van der Waals surface area contributed by atoms with Crippen LogP contribution in [0.15, 0.2) is 18.3 Å². The second kappa shape index (κ2) is 4.43. The minimum absolute atomic E-state index is 0. The summed E-state index contributed by atoms with van der Waals surface area (Å²) in [6, 6.07) is 2.74. The van der Waals surface area contributed by atoms with Gasteiger partial charge in [0.05, 0.1) is 0 Å². The number of aromatic nitrogens is 1. The van der Waals surface area contributed by atoms with E-state index < -0.39 is 11.9 Å². The topological polar surface area (TPSA) is 38.9 Å². The first-order chi connectivity index (χ1) is 5.55. The molecule has 1 heterocycles. The molecule has 0 unspecified atom stereocenters. The molecule has 0 saturated heterocycles. The Bertz CT molecular complexity index is 275. The van der Waals surface area contributed by atoms with Gasteiger partial charge in [-0.1, -0.05) is 6.07 Å². The molecule has 0 fully saturated rings. The largest absolute Gasteiger partial charge is 0.433 e. The second-order valence-corrected chi connectivity index (χ2v) is 2.21. The highest BCUT2D eigenvalue weighted by Crippen LogP contribution is 2.29. The fraction of sp³-hybridized carbons (Fsp3) is 0.286. The van der Waals surface area contributed by atoms with Crippen molar-refractivity contribution in [3.05, 3.63) is 29.6 Å². The zero-order valence-electron chi connectivity index (χ0n) is 6.51. The molecule has 0 radical (unpaired) electrons. The van der Waals surface area contributed by atoms with Crippen molar-refractivity contribution in [3.63, 3.8) is 0 Å². The van der Waals surface area contributed by atoms with Gasteiger partial charge in [-0.05, 0) is 11.6 Å². The number of hydrogen-bond donors (Lipinski definition) is 1. The Morgan fingerprint density at radius 2 is 2.00 bits per heavy atom. The third-order valence-corrected chi connectivity index (χ3v) is 1.38. The van der Waals surface area contributed by atoms with Crippen molar-refractivity contribution < 1.29 is 13.2 Å². The smallest absolute Gasteiger partial charge is 0.326 e. The summed E-state index contributed by atoms with van der Waals surface area (Å²) in [5.74, 6) is 0. The van der Waals surface area contributed by atoms with Crippen molar-refractivity contribution in [3.8, 4) is 0 Å². The normalized spacial score (nSPS) is 10.8. The molecule has 1 aromatic heterocycles. The van der Waals surface area contributed by atoms with Gasteiger partial charge in [-0.3, -0.25) is 4.98 Å². The van der Waals surface area contributed by atoms with E-state index in [0.717, 1.165) is 6.20 Å². The van der Waals surface area contributed by atoms with E-state index in [-0.39, 0.29) is 24.5 Å². The van der Waals surface area contributed by atoms with Gasteiger partial charge in [0.1, 0.15) is 5.69 Å². The zero-order valence-corrected chi connectivity index (χ0v) is 7.32. The Kier molecular flexibility index (Phi) is 4.16. The van der Waals surface area contributed by atoms with Crippen LogP contribution in [-0.2, 0) is 12.7 Å². The Balaban J connectivity index is 0.00000144. The Morgan fingerprint density at radius 1 is 1.38 bits per heavy atom. The quantitative estimate of drug-likeness (QED) is 0.773. The molecular formula is C7H8ClF3N2. The lowest BCUT2D eigenvalue weighted by Crippen LogP contribution is -2.13. The molecule has 0 aliphatic rings. The van der Waals surface area contributed by atoms with Crippen LogP contribution < -0.4 is 5.73 Å². The molecule has 2 N–H and O–H groups in total. The average Bonchev–Trinajstić information content (AvgIpc) is 2.03. The summed E-state index contributed by atoms with van der Waals surface area (Å²) in [6.45, 7) is -0.150. The maximum atomic E-state index is 12.1. The Morgan fingerprint density at radius 3 is 2.38 bits per heavy atom. The number of nitrogens with zero attached hydrogens (tertiary/aromatic N) is 1. The first kappa shape index (κ1) is 12.2. The second-order valence-electron chi connectivity index (χ2n) is 2.21. The Hall–Kier alpha value is -0.810. The summed E-state index contributed by atoms with van der Waals surface area (Å²) in [5, 5.41) is 0. The number of hydrogen-bond acceptors (Lipinski definition) is 2. The van der Waals surface area contributed by atoms with Gasteiger partial charge in [0.25, 0.3) is 0 Å². The van der Waals surface area contributed by atoms with Crippen LogP contribution >= 0.6 is 12.4 Å². The minimum Gasteiger partial charge on any atom is -0.326 e. The van der Waals surface area contributed by atoms with Crippen molar-refractivity contribution >= 4 is 12.4 Å². The zero-order chi connectivity index (χ0) is 9.19. The van der Waals surface area contributed by atoms with E-state index >= 15 is 0 Å². The molecular weight excluding hydrogens is 205 g/mol. The highest BCUT2D eigenvalue weighted by atomic mass is 35.5. The fourth-order valence-corrected chi connectivity index (χ4v) is 0.859. The molecule has 0 spiro atoms. The number of nitrogens with two attached hydrogens (primary N) is 1. The molecule has 2 nitrogen and oxygen atoms in total. The summed E-state index contributed by atoms with van der Waals surface area (Å²) in [7, 11) is 0. The van der Waals surface area contributed by atoms with Gasteiger partial charge < -0.3 is 5.73 Å². The van der Waals surface area contributed by atoms with Gasteiger partial charge in [0, 0.05) is 12.7 Å². The lowest BCUT2D eigenvalue weighted by molar-refractivity contribution is -0.141. The molecule has 0 aliphatic carbocycles. The lowest BCUT2D eigenvalue weighted by atomic mass is 10.2. The van der Waals surface area contributed by atoms with Crippen LogP contribution in [0.4, 0.5) is 13.2 Å². The van der Waals surface area contributed by atoms with E-state index in [1.54, 1.807) is 0 Å². The SMILES string of the molecule is Cl.NCc1cccnc1C(F)(F)F. The molecule has 6 heteroatoms. The van der Waals surface area contributed by atoms with E-state index in [9.17, 15) is 13.2 Å². The van der Waals surface area contributed by atoms with Crippen LogP contribution in [0.5, 0.6) is 0 Å². The summed E-state index contributed by atoms with van der Waals surface area (Å²) >= 11 is 0. The number of rotatable bonds is 1. The minimum atomic E-state index is -4.41. The maximum absolute atomic E-state index is 12.1. The van der Waals surface area contributed by atoms with Gasteiger partial charge in [-0.15, -0.1) is 12.4 Å². The van der Waals surface area contributed by atoms with Crippen molar-refractivity contribution in [1.29, 1.82) is 0 Å². The average molecular weight is 213 g/mol. The molecule has 1 aromatic rings. The first-order valence-electron chi connectivity index (χ1n) is 3.27. The van der Waals surface area contributed by atoms with Crippen LogP contribution in [0.2, 0.25) is 0 Å². The third-order valence-electron chi connectivity index (χ3n) is 1.38. The molecule has 74 valence electrons. The summed E-state index contributed by atoms with van der Waals surface area (Å²) in [4.78, 5) is 3.22. The first-order valence-corrected chi connectivity index (χ1v) is 3.27. The predicted molar refractivity (Wildman–Crippen MR) is 44.4 cm³/mol. The molecule has 0 atom stereocenters. The fourth-order valence-electron chi connectivity index (χ4n) is 0.859. The lowest BCUT2D eigenvalue weighted by Gasteiger charge is -2.08. The van der Waals surface area contributed by atoms with E-state index in [4.69, 9.17) is 5.73 Å². The van der Waals surface area contributed by atoms with E-state index in [0.29, 0.717) is 0 Å². The number of alkyl halides is 3. The van der Waals surface area contributed by atoms with E-state index in [2.05, 4.69) is 4.98 Å². The van der Waals surface area contributed by atoms with Crippen molar-refractivity contribution in [2.45, 2.75) is 12.7 Å². The summed E-state index contributed by atoms with van der Waals surface area (Å²) < 4.78 is 36.4. The number of halogens is 4. The van der Waals surface area contributed by atoms with Gasteiger partial charge in [0.15, 0.2) is 0 Å². The standard InChI is InChI=1S/C7H7F3N2.ClH/c8-7(9,10)6-5(4-11)2-1-3-12-6;/h1-3H,4,11H2;1H. The number of pyridine rings is 1. The van der Waals surface area contributed by atoms with Gasteiger partial charge in [0.2, 0.25) is 0 Å². The molecule has 0 amide bonds. The van der Waals surface area contributed by atoms with Crippen molar-refractivity contribution in [2.75, 3.05) is 0 Å². The van der Waals surface area contributed by atoms with Gasteiger partial charge in [-0.2, -0.15) is 13.2 Å². The van der Waals surface area contributed by atoms with Crippen molar-refractivity contribution in [2.24, 2.45) is 5.73 Å². The monoisotopic (exact) mass is 212 g/mol. The highest BCUT2D eigenvalue weighted by molar-refractivity contribution is 5.85. The van der Waals surface area contributed by atoms with Crippen LogP contribution in [-0.4, -0.2) is 4.98 Å². The van der Waals surface area contributed by atoms with Crippen LogP contribution in [0.1, 0.15) is 11.3 Å². The van der Waals surface area contributed by atoms with Crippen molar-refractivity contribution in [1.82, 2.24) is 4.98 Å². The predicted octanol–water partition coefficient (Wildman–Crippen LogP) is 1.98. The molecule has 1 rings (SSSR count). The van der Waals surface area contributed by atoms with Gasteiger partial charge in [-0.25, -0.2) is 0 Å². The van der Waals surface area contributed by atoms with Gasteiger partial charge >= 0.3 is 6.18 Å². The third kappa shape index (κ3) is 2.86. The molecule has 0 saturated carbocycles. The molecule has 0 bridgehead atoms. The van der Waals surface area contributed by atoms with Crippen LogP contribution in [0, 0.1) is 0 Å². The molecule has 13 heavy (non-hydrogen) atoms. The molecule has 0 aromatic carbocycles. The Labute approximate surface area is 79.4 Å². The maximum Gasteiger partial charge on any atom is 0.433 e. The highest BCUT2D eigenvalue weighted by Gasteiger charge is 2.34. The molecule has 0 aliphatic heterocycles. The van der Waals surface area contributed by atoms with E-state index in [1.807, 2.05) is 0 Å². The van der Waals surface area contributed by atoms with Crippen LogP contribution in [0.3, 0.4) is 0 Å².